The van der Waals surface area contributed by atoms with Gasteiger partial charge in [-0.2, -0.15) is 4.98 Å². The summed E-state index contributed by atoms with van der Waals surface area (Å²) in [6.07, 6.45) is 5.62. The van der Waals surface area contributed by atoms with Gasteiger partial charge < -0.3 is 9.26 Å². The maximum absolute atomic E-state index is 13.9. The zero-order valence-electron chi connectivity index (χ0n) is 13.9. The van der Waals surface area contributed by atoms with Crippen molar-refractivity contribution in [3.8, 4) is 5.75 Å². The van der Waals surface area contributed by atoms with Crippen LogP contribution in [-0.2, 0) is 6.54 Å². The number of likely N-dealkylation sites (tertiary alicyclic amines) is 1. The van der Waals surface area contributed by atoms with E-state index in [-0.39, 0.29) is 17.6 Å². The molecule has 6 heteroatoms. The second-order valence-electron chi connectivity index (χ2n) is 6.72. The summed E-state index contributed by atoms with van der Waals surface area (Å²) >= 11 is 0. The van der Waals surface area contributed by atoms with E-state index in [1.54, 1.807) is 12.1 Å². The highest BCUT2D eigenvalue weighted by Crippen LogP contribution is 2.39. The lowest BCUT2D eigenvalue weighted by atomic mass is 10.0. The Hall–Kier alpha value is -1.95. The Kier molecular flexibility index (Phi) is 4.22. The van der Waals surface area contributed by atoms with Crippen LogP contribution in [0, 0.1) is 5.82 Å². The van der Waals surface area contributed by atoms with Gasteiger partial charge in [-0.05, 0) is 49.9 Å². The van der Waals surface area contributed by atoms with Crippen LogP contribution in [0.15, 0.2) is 22.7 Å². The van der Waals surface area contributed by atoms with Gasteiger partial charge in [-0.25, -0.2) is 4.39 Å². The van der Waals surface area contributed by atoms with Crippen LogP contribution in [0.1, 0.15) is 61.3 Å². The van der Waals surface area contributed by atoms with Gasteiger partial charge in [0, 0.05) is 12.5 Å². The van der Waals surface area contributed by atoms with Crippen molar-refractivity contribution in [1.29, 1.82) is 0 Å². The van der Waals surface area contributed by atoms with Crippen molar-refractivity contribution in [1.82, 2.24) is 15.0 Å². The van der Waals surface area contributed by atoms with Crippen molar-refractivity contribution in [3.63, 3.8) is 0 Å². The number of ether oxygens (including phenoxy) is 1. The van der Waals surface area contributed by atoms with Crippen molar-refractivity contribution in [3.05, 3.63) is 41.3 Å². The minimum atomic E-state index is -0.322. The lowest BCUT2D eigenvalue weighted by molar-refractivity contribution is 0.111. The third-order valence-corrected chi connectivity index (χ3v) is 4.90. The first-order valence-electron chi connectivity index (χ1n) is 8.64. The number of methoxy groups -OCH3 is 1. The Morgan fingerprint density at radius 3 is 2.92 bits per heavy atom. The van der Waals surface area contributed by atoms with Crippen molar-refractivity contribution in [2.24, 2.45) is 0 Å². The summed E-state index contributed by atoms with van der Waals surface area (Å²) < 4.78 is 24.5. The average Bonchev–Trinajstić information content (AvgIpc) is 3.33. The normalized spacial score (nSPS) is 21.8. The van der Waals surface area contributed by atoms with Gasteiger partial charge in [-0.15, -0.1) is 0 Å². The van der Waals surface area contributed by atoms with Crippen LogP contribution in [-0.4, -0.2) is 28.7 Å². The summed E-state index contributed by atoms with van der Waals surface area (Å²) in [5.74, 6) is 2.02. The van der Waals surface area contributed by atoms with Gasteiger partial charge in [0.25, 0.3) is 0 Å². The molecule has 5 nitrogen and oxygen atoms in total. The van der Waals surface area contributed by atoms with Crippen LogP contribution in [0.4, 0.5) is 4.39 Å². The molecule has 1 aromatic heterocycles. The van der Waals surface area contributed by atoms with Gasteiger partial charge in [-0.3, -0.25) is 4.90 Å². The Morgan fingerprint density at radius 2 is 2.17 bits per heavy atom. The second-order valence-corrected chi connectivity index (χ2v) is 6.72. The molecule has 2 fully saturated rings. The van der Waals surface area contributed by atoms with Gasteiger partial charge in [0.2, 0.25) is 5.89 Å². The number of hydrogen-bond acceptors (Lipinski definition) is 5. The fourth-order valence-corrected chi connectivity index (χ4v) is 3.39. The zero-order chi connectivity index (χ0) is 16.5. The lowest BCUT2D eigenvalue weighted by Gasteiger charge is -2.33. The number of piperidine rings is 1. The Balaban J connectivity index is 1.51. The number of hydrogen-bond donors (Lipinski definition) is 0. The van der Waals surface area contributed by atoms with Gasteiger partial charge >= 0.3 is 0 Å². The predicted molar refractivity (Wildman–Crippen MR) is 86.2 cm³/mol. The summed E-state index contributed by atoms with van der Waals surface area (Å²) in [5.41, 5.74) is 0.933. The molecular weight excluding hydrogens is 309 g/mol. The van der Waals surface area contributed by atoms with E-state index in [2.05, 4.69) is 15.0 Å². The van der Waals surface area contributed by atoms with Crippen molar-refractivity contribution >= 4 is 0 Å². The molecule has 0 spiro atoms. The van der Waals surface area contributed by atoms with Gasteiger partial charge in [0.15, 0.2) is 17.4 Å². The summed E-state index contributed by atoms with van der Waals surface area (Å²) in [5, 5.41) is 4.14. The van der Waals surface area contributed by atoms with Crippen molar-refractivity contribution < 1.29 is 13.7 Å². The number of rotatable bonds is 5. The van der Waals surface area contributed by atoms with Gasteiger partial charge in [0.05, 0.1) is 13.2 Å². The van der Waals surface area contributed by atoms with E-state index < -0.39 is 0 Å². The first-order chi connectivity index (χ1) is 11.7. The molecule has 1 aromatic carbocycles. The largest absolute Gasteiger partial charge is 0.494 e. The minimum Gasteiger partial charge on any atom is -0.494 e. The number of nitrogens with zero attached hydrogens (tertiary/aromatic N) is 3. The highest BCUT2D eigenvalue weighted by Gasteiger charge is 2.33. The molecule has 2 aliphatic rings. The van der Waals surface area contributed by atoms with Crippen LogP contribution >= 0.6 is 0 Å². The standard InChI is InChI=1S/C18H22FN3O2/c1-23-16-8-5-12(10-14(16)19)11-22-9-3-2-4-15(22)18-20-17(21-24-18)13-6-7-13/h5,8,10,13,15H,2-4,6-7,9,11H2,1H3/t15-/m1/s1. The van der Waals surface area contributed by atoms with E-state index in [9.17, 15) is 4.39 Å². The molecule has 0 bridgehead atoms. The molecule has 1 saturated heterocycles. The van der Waals surface area contributed by atoms with Crippen LogP contribution < -0.4 is 4.74 Å². The third kappa shape index (κ3) is 3.15. The molecule has 2 aromatic rings. The molecule has 0 N–H and O–H groups in total. The number of aromatic nitrogens is 2. The Morgan fingerprint density at radius 1 is 1.29 bits per heavy atom. The zero-order valence-corrected chi connectivity index (χ0v) is 13.9. The highest BCUT2D eigenvalue weighted by molar-refractivity contribution is 5.29. The first kappa shape index (κ1) is 15.6. The fraction of sp³-hybridized carbons (Fsp3) is 0.556. The third-order valence-electron chi connectivity index (χ3n) is 4.90. The Bertz CT molecular complexity index is 714. The molecule has 0 radical (unpaired) electrons. The number of halogens is 1. The van der Waals surface area contributed by atoms with Crippen LogP contribution in [0.25, 0.3) is 0 Å². The van der Waals surface area contributed by atoms with E-state index in [1.807, 2.05) is 6.07 Å². The van der Waals surface area contributed by atoms with E-state index in [0.717, 1.165) is 37.2 Å². The fourth-order valence-electron chi connectivity index (χ4n) is 3.39. The molecule has 1 atom stereocenters. The predicted octanol–water partition coefficient (Wildman–Crippen LogP) is 3.82. The van der Waals surface area contributed by atoms with Crippen LogP contribution in [0.3, 0.4) is 0 Å². The second kappa shape index (κ2) is 6.51. The lowest BCUT2D eigenvalue weighted by Crippen LogP contribution is -2.33. The van der Waals surface area contributed by atoms with E-state index in [0.29, 0.717) is 18.4 Å². The van der Waals surface area contributed by atoms with E-state index in [1.165, 1.54) is 20.0 Å². The van der Waals surface area contributed by atoms with E-state index in [4.69, 9.17) is 9.26 Å². The van der Waals surface area contributed by atoms with Crippen LogP contribution in [0.2, 0.25) is 0 Å². The minimum absolute atomic E-state index is 0.129. The molecule has 128 valence electrons. The summed E-state index contributed by atoms with van der Waals surface area (Å²) in [4.78, 5) is 6.93. The topological polar surface area (TPSA) is 51.4 Å². The first-order valence-corrected chi connectivity index (χ1v) is 8.64. The van der Waals surface area contributed by atoms with Gasteiger partial charge in [0.1, 0.15) is 0 Å². The Labute approximate surface area is 140 Å². The highest BCUT2D eigenvalue weighted by atomic mass is 19.1. The SMILES string of the molecule is COc1ccc(CN2CCCC[C@@H]2c2nc(C3CC3)no2)cc1F. The molecular formula is C18H22FN3O2. The maximum Gasteiger partial charge on any atom is 0.244 e. The molecule has 1 saturated carbocycles. The van der Waals surface area contributed by atoms with Crippen LogP contribution in [0.5, 0.6) is 5.75 Å². The quantitative estimate of drug-likeness (QED) is 0.833. The molecule has 0 unspecified atom stereocenters. The van der Waals surface area contributed by atoms with E-state index >= 15 is 0 Å². The molecule has 24 heavy (non-hydrogen) atoms. The smallest absolute Gasteiger partial charge is 0.244 e. The van der Waals surface area contributed by atoms with Gasteiger partial charge in [-0.1, -0.05) is 17.6 Å². The summed E-state index contributed by atoms with van der Waals surface area (Å²) in [6.45, 7) is 1.63. The van der Waals surface area contributed by atoms with Crippen molar-refractivity contribution in [2.45, 2.75) is 50.6 Å². The van der Waals surface area contributed by atoms with Crippen molar-refractivity contribution in [2.75, 3.05) is 13.7 Å². The molecule has 4 rings (SSSR count). The molecule has 1 aliphatic heterocycles. The number of benzene rings is 1. The maximum atomic E-state index is 13.9. The molecule has 2 heterocycles. The molecule has 1 aliphatic carbocycles. The summed E-state index contributed by atoms with van der Waals surface area (Å²) in [7, 11) is 1.48. The monoisotopic (exact) mass is 331 g/mol. The summed E-state index contributed by atoms with van der Waals surface area (Å²) in [6, 6.07) is 5.27. The molecule has 0 amide bonds. The average molecular weight is 331 g/mol.